The summed E-state index contributed by atoms with van der Waals surface area (Å²) in [5.41, 5.74) is 4.24. The van der Waals surface area contributed by atoms with E-state index in [9.17, 15) is 9.90 Å². The fourth-order valence-electron chi connectivity index (χ4n) is 3.95. The number of aliphatic hydroxyl groups is 1. The van der Waals surface area contributed by atoms with Gasteiger partial charge >= 0.3 is 0 Å². The Morgan fingerprint density at radius 3 is 2.55 bits per heavy atom. The molecule has 0 radical (unpaired) electrons. The van der Waals surface area contributed by atoms with Crippen molar-refractivity contribution in [3.63, 3.8) is 0 Å². The highest BCUT2D eigenvalue weighted by Gasteiger charge is 2.25. The zero-order valence-corrected chi connectivity index (χ0v) is 17.9. The Morgan fingerprint density at radius 1 is 1.06 bits per heavy atom. The molecule has 2 atom stereocenters. The first kappa shape index (κ1) is 21.4. The molecule has 31 heavy (non-hydrogen) atoms. The van der Waals surface area contributed by atoms with Crippen LogP contribution in [0.4, 0.5) is 0 Å². The predicted molar refractivity (Wildman–Crippen MR) is 120 cm³/mol. The molecule has 1 amide bonds. The molecule has 0 saturated heterocycles. The number of nitrogens with one attached hydrogen (secondary N) is 1. The van der Waals surface area contributed by atoms with Crippen LogP contribution in [0.25, 0.3) is 11.1 Å². The van der Waals surface area contributed by atoms with E-state index in [1.807, 2.05) is 30.3 Å². The van der Waals surface area contributed by atoms with Gasteiger partial charge in [0.2, 0.25) is 0 Å². The number of halogens is 1. The number of amides is 1. The van der Waals surface area contributed by atoms with Crippen LogP contribution in [0.1, 0.15) is 47.3 Å². The van der Waals surface area contributed by atoms with Crippen LogP contribution in [0.5, 0.6) is 0 Å². The molecule has 3 aromatic rings. The molecule has 2 heterocycles. The first-order valence-corrected chi connectivity index (χ1v) is 11.0. The Balaban J connectivity index is 1.59. The van der Waals surface area contributed by atoms with Crippen molar-refractivity contribution in [2.75, 3.05) is 0 Å². The van der Waals surface area contributed by atoms with Crippen LogP contribution in [-0.2, 0) is 12.8 Å². The molecule has 1 fully saturated rings. The van der Waals surface area contributed by atoms with Gasteiger partial charge in [-0.1, -0.05) is 36.6 Å². The Kier molecular flexibility index (Phi) is 6.89. The van der Waals surface area contributed by atoms with Crippen LogP contribution in [-0.4, -0.2) is 38.1 Å². The van der Waals surface area contributed by atoms with Gasteiger partial charge in [0.1, 0.15) is 6.33 Å². The van der Waals surface area contributed by atoms with Crippen molar-refractivity contribution in [3.05, 3.63) is 77.1 Å². The van der Waals surface area contributed by atoms with E-state index in [1.54, 1.807) is 18.6 Å². The highest BCUT2D eigenvalue weighted by Crippen LogP contribution is 2.27. The van der Waals surface area contributed by atoms with Gasteiger partial charge in [-0.2, -0.15) is 0 Å². The molecule has 0 unspecified atom stereocenters. The molecule has 2 N–H and O–H groups in total. The number of carbonyl (C=O) groups is 1. The topological polar surface area (TPSA) is 88.0 Å². The van der Waals surface area contributed by atoms with Gasteiger partial charge in [-0.05, 0) is 55.0 Å². The maximum Gasteiger partial charge on any atom is 0.253 e. The Hall–Kier alpha value is -2.83. The van der Waals surface area contributed by atoms with Crippen LogP contribution in [0.2, 0.25) is 5.02 Å². The molecule has 1 saturated carbocycles. The number of carbonyl (C=O) groups excluding carboxylic acids is 1. The lowest BCUT2D eigenvalue weighted by Crippen LogP contribution is -2.45. The van der Waals surface area contributed by atoms with Crippen LogP contribution >= 0.6 is 11.6 Å². The van der Waals surface area contributed by atoms with Gasteiger partial charge in [0.15, 0.2) is 0 Å². The van der Waals surface area contributed by atoms with E-state index in [0.29, 0.717) is 17.0 Å². The standard InChI is InChI=1S/C24H25ClN4O2/c25-19-8-6-17(7-9-19)20-11-18(24(31)29-22-3-1-2-4-23(22)30)14-28-21(20)10-5-16-12-26-15-27-13-16/h6-9,11-15,22-23,30H,1-5,10H2,(H,29,31)/t22-,23-/m1/s1. The molecule has 0 aliphatic heterocycles. The van der Waals surface area contributed by atoms with Gasteiger partial charge in [0, 0.05) is 34.9 Å². The molecule has 4 rings (SSSR count). The lowest BCUT2D eigenvalue weighted by molar-refractivity contribution is 0.0717. The zero-order chi connectivity index (χ0) is 21.6. The summed E-state index contributed by atoms with van der Waals surface area (Å²) < 4.78 is 0. The summed E-state index contributed by atoms with van der Waals surface area (Å²) in [5.74, 6) is -0.211. The van der Waals surface area contributed by atoms with Crippen molar-refractivity contribution < 1.29 is 9.90 Å². The maximum absolute atomic E-state index is 12.9. The SMILES string of the molecule is O=C(N[C@@H]1CCCC[C@H]1O)c1cnc(CCc2cncnc2)c(-c2ccc(Cl)cc2)c1. The maximum atomic E-state index is 12.9. The van der Waals surface area contributed by atoms with Crippen molar-refractivity contribution in [1.29, 1.82) is 0 Å². The molecular formula is C24H25ClN4O2. The lowest BCUT2D eigenvalue weighted by atomic mass is 9.92. The van der Waals surface area contributed by atoms with E-state index < -0.39 is 6.10 Å². The minimum Gasteiger partial charge on any atom is -0.391 e. The third-order valence-corrected chi connectivity index (χ3v) is 5.95. The molecule has 160 valence electrons. The zero-order valence-electron chi connectivity index (χ0n) is 17.2. The number of pyridine rings is 1. The molecule has 0 bridgehead atoms. The number of aliphatic hydroxyl groups excluding tert-OH is 1. The highest BCUT2D eigenvalue weighted by molar-refractivity contribution is 6.30. The van der Waals surface area contributed by atoms with E-state index in [4.69, 9.17) is 11.6 Å². The number of rotatable bonds is 6. The Bertz CT molecular complexity index is 1030. The molecular weight excluding hydrogens is 412 g/mol. The Labute approximate surface area is 186 Å². The van der Waals surface area contributed by atoms with E-state index >= 15 is 0 Å². The third-order valence-electron chi connectivity index (χ3n) is 5.70. The van der Waals surface area contributed by atoms with Crippen molar-refractivity contribution in [2.24, 2.45) is 0 Å². The third kappa shape index (κ3) is 5.46. The summed E-state index contributed by atoms with van der Waals surface area (Å²) in [6.45, 7) is 0. The summed E-state index contributed by atoms with van der Waals surface area (Å²) in [6, 6.07) is 9.19. The number of nitrogens with zero attached hydrogens (tertiary/aromatic N) is 3. The normalized spacial score (nSPS) is 18.5. The van der Waals surface area contributed by atoms with E-state index in [2.05, 4.69) is 20.3 Å². The number of aromatic nitrogens is 3. The summed E-state index contributed by atoms with van der Waals surface area (Å²) in [6.07, 6.45) is 11.2. The quantitative estimate of drug-likeness (QED) is 0.609. The van der Waals surface area contributed by atoms with Crippen LogP contribution in [0.3, 0.4) is 0 Å². The van der Waals surface area contributed by atoms with Gasteiger partial charge in [-0.3, -0.25) is 9.78 Å². The first-order valence-electron chi connectivity index (χ1n) is 10.6. The fourth-order valence-corrected chi connectivity index (χ4v) is 4.08. The van der Waals surface area contributed by atoms with E-state index in [1.165, 1.54) is 6.33 Å². The highest BCUT2D eigenvalue weighted by atomic mass is 35.5. The summed E-state index contributed by atoms with van der Waals surface area (Å²) in [4.78, 5) is 25.6. The van der Waals surface area contributed by atoms with Gasteiger partial charge in [0.05, 0.1) is 17.7 Å². The van der Waals surface area contributed by atoms with Crippen molar-refractivity contribution in [2.45, 2.75) is 50.7 Å². The largest absolute Gasteiger partial charge is 0.391 e. The molecule has 0 spiro atoms. The minimum absolute atomic E-state index is 0.210. The average molecular weight is 437 g/mol. The fraction of sp³-hybridized carbons (Fsp3) is 0.333. The first-order chi connectivity index (χ1) is 15.1. The summed E-state index contributed by atoms with van der Waals surface area (Å²) in [5, 5.41) is 13.8. The molecule has 6 nitrogen and oxygen atoms in total. The number of benzene rings is 1. The predicted octanol–water partition coefficient (Wildman–Crippen LogP) is 4.01. The lowest BCUT2D eigenvalue weighted by Gasteiger charge is -2.28. The Morgan fingerprint density at radius 2 is 1.81 bits per heavy atom. The summed E-state index contributed by atoms with van der Waals surface area (Å²) >= 11 is 6.07. The van der Waals surface area contributed by atoms with Crippen LogP contribution in [0.15, 0.2) is 55.2 Å². The number of aryl methyl sites for hydroxylation is 2. The monoisotopic (exact) mass is 436 g/mol. The molecule has 1 aliphatic rings. The van der Waals surface area contributed by atoms with E-state index in [-0.39, 0.29) is 11.9 Å². The van der Waals surface area contributed by atoms with Crippen molar-refractivity contribution in [1.82, 2.24) is 20.3 Å². The van der Waals surface area contributed by atoms with Gasteiger partial charge in [-0.25, -0.2) is 9.97 Å². The van der Waals surface area contributed by atoms with E-state index in [0.717, 1.165) is 54.5 Å². The molecule has 7 heteroatoms. The van der Waals surface area contributed by atoms with Crippen molar-refractivity contribution in [3.8, 4) is 11.1 Å². The molecule has 2 aromatic heterocycles. The second kappa shape index (κ2) is 9.98. The van der Waals surface area contributed by atoms with Crippen LogP contribution in [0, 0.1) is 0 Å². The van der Waals surface area contributed by atoms with Gasteiger partial charge in [0.25, 0.3) is 5.91 Å². The average Bonchev–Trinajstić information content (AvgIpc) is 2.80. The summed E-state index contributed by atoms with van der Waals surface area (Å²) in [7, 11) is 0. The van der Waals surface area contributed by atoms with Crippen LogP contribution < -0.4 is 5.32 Å². The second-order valence-corrected chi connectivity index (χ2v) is 8.34. The molecule has 1 aliphatic carbocycles. The second-order valence-electron chi connectivity index (χ2n) is 7.90. The smallest absolute Gasteiger partial charge is 0.253 e. The van der Waals surface area contributed by atoms with Gasteiger partial charge < -0.3 is 10.4 Å². The molecule has 1 aromatic carbocycles. The number of hydrogen-bond donors (Lipinski definition) is 2. The minimum atomic E-state index is -0.492. The van der Waals surface area contributed by atoms with Crippen molar-refractivity contribution >= 4 is 17.5 Å². The number of hydrogen-bond acceptors (Lipinski definition) is 5. The van der Waals surface area contributed by atoms with Gasteiger partial charge in [-0.15, -0.1) is 0 Å².